The van der Waals surface area contributed by atoms with Gasteiger partial charge in [0.15, 0.2) is 12.4 Å². The van der Waals surface area contributed by atoms with E-state index in [2.05, 4.69) is 10.1 Å². The molecule has 0 fully saturated rings. The molecule has 0 aliphatic carbocycles. The van der Waals surface area contributed by atoms with Crippen LogP contribution in [0.15, 0.2) is 59.1 Å². The second-order valence-electron chi connectivity index (χ2n) is 5.47. The van der Waals surface area contributed by atoms with Gasteiger partial charge in [0.25, 0.3) is 5.89 Å². The van der Waals surface area contributed by atoms with Crippen molar-refractivity contribution < 1.29 is 18.8 Å². The predicted molar refractivity (Wildman–Crippen MR) is 94.5 cm³/mol. The molecule has 0 spiro atoms. The Morgan fingerprint density at radius 2 is 1.73 bits per heavy atom. The molecule has 0 N–H and O–H groups in total. The number of halogens is 1. The van der Waals surface area contributed by atoms with Gasteiger partial charge >= 0.3 is 5.97 Å². The number of esters is 1. The Morgan fingerprint density at radius 1 is 1.00 bits per heavy atom. The number of nitrogens with zero attached hydrogens (tertiary/aromatic N) is 2. The van der Waals surface area contributed by atoms with E-state index in [1.54, 1.807) is 48.5 Å². The summed E-state index contributed by atoms with van der Waals surface area (Å²) in [6, 6.07) is 15.8. The number of carbonyl (C=O) groups is 2. The van der Waals surface area contributed by atoms with Gasteiger partial charge in [-0.1, -0.05) is 47.1 Å². The highest BCUT2D eigenvalue weighted by molar-refractivity contribution is 6.30. The van der Waals surface area contributed by atoms with Gasteiger partial charge in [-0.3, -0.25) is 9.59 Å². The molecular weight excluding hydrogens is 356 g/mol. The number of aromatic nitrogens is 2. The minimum absolute atomic E-state index is 0.00803. The van der Waals surface area contributed by atoms with Crippen molar-refractivity contribution in [2.24, 2.45) is 0 Å². The fourth-order valence-corrected chi connectivity index (χ4v) is 2.35. The molecule has 7 heteroatoms. The normalized spacial score (nSPS) is 10.5. The van der Waals surface area contributed by atoms with E-state index < -0.39 is 5.97 Å². The van der Waals surface area contributed by atoms with Crippen LogP contribution in [0.3, 0.4) is 0 Å². The van der Waals surface area contributed by atoms with Gasteiger partial charge in [0.05, 0.1) is 6.42 Å². The number of benzene rings is 2. The lowest BCUT2D eigenvalue weighted by molar-refractivity contribution is -0.145. The number of Topliss-reactive ketones (excluding diaryl/α,β-unsaturated/α-hetero) is 1. The molecule has 1 heterocycles. The topological polar surface area (TPSA) is 82.3 Å². The summed E-state index contributed by atoms with van der Waals surface area (Å²) in [6.07, 6.45) is 0.0780. The zero-order chi connectivity index (χ0) is 18.4. The molecule has 0 bridgehead atoms. The number of hydrogen-bond acceptors (Lipinski definition) is 6. The number of ether oxygens (including phenoxy) is 1. The standard InChI is InChI=1S/C19H15ClN2O4/c20-15-8-6-14(7-9-15)19-21-17(26-22-19)12-25-18(24)11-10-16(23)13-4-2-1-3-5-13/h1-9H,10-12H2. The molecule has 0 saturated carbocycles. The number of hydrogen-bond donors (Lipinski definition) is 0. The van der Waals surface area contributed by atoms with Gasteiger partial charge in [-0.15, -0.1) is 0 Å². The van der Waals surface area contributed by atoms with Crippen molar-refractivity contribution in [3.63, 3.8) is 0 Å². The summed E-state index contributed by atoms with van der Waals surface area (Å²) < 4.78 is 10.1. The summed E-state index contributed by atoms with van der Waals surface area (Å²) in [5, 5.41) is 4.44. The van der Waals surface area contributed by atoms with Gasteiger partial charge in [-0.2, -0.15) is 4.98 Å². The Labute approximate surface area is 154 Å². The van der Waals surface area contributed by atoms with Crippen LogP contribution in [0.1, 0.15) is 29.1 Å². The number of ketones is 1. The molecule has 3 rings (SSSR count). The molecule has 3 aromatic rings. The van der Waals surface area contributed by atoms with E-state index in [1.165, 1.54) is 0 Å². The average molecular weight is 371 g/mol. The third kappa shape index (κ3) is 4.77. The van der Waals surface area contributed by atoms with Gasteiger partial charge in [0.2, 0.25) is 5.82 Å². The molecule has 0 aliphatic heterocycles. The second-order valence-corrected chi connectivity index (χ2v) is 5.90. The number of carbonyl (C=O) groups excluding carboxylic acids is 2. The Kier molecular flexibility index (Phi) is 5.76. The second kappa shape index (κ2) is 8.40. The van der Waals surface area contributed by atoms with Crippen molar-refractivity contribution in [3.05, 3.63) is 71.1 Å². The van der Waals surface area contributed by atoms with Gasteiger partial charge < -0.3 is 9.26 Å². The zero-order valence-electron chi connectivity index (χ0n) is 13.7. The molecule has 132 valence electrons. The molecule has 0 saturated heterocycles. The van der Waals surface area contributed by atoms with E-state index in [0.717, 1.165) is 5.56 Å². The minimum atomic E-state index is -0.500. The zero-order valence-corrected chi connectivity index (χ0v) is 14.5. The fourth-order valence-electron chi connectivity index (χ4n) is 2.23. The largest absolute Gasteiger partial charge is 0.456 e. The fraction of sp³-hybridized carbons (Fsp3) is 0.158. The summed E-state index contributed by atoms with van der Waals surface area (Å²) in [5.41, 5.74) is 1.31. The maximum Gasteiger partial charge on any atom is 0.306 e. The first kappa shape index (κ1) is 17.8. The van der Waals surface area contributed by atoms with E-state index >= 15 is 0 Å². The van der Waals surface area contributed by atoms with Crippen molar-refractivity contribution in [1.29, 1.82) is 0 Å². The maximum absolute atomic E-state index is 11.9. The van der Waals surface area contributed by atoms with E-state index in [4.69, 9.17) is 20.9 Å². The van der Waals surface area contributed by atoms with E-state index in [9.17, 15) is 9.59 Å². The van der Waals surface area contributed by atoms with Gasteiger partial charge in [-0.05, 0) is 24.3 Å². The van der Waals surface area contributed by atoms with E-state index in [0.29, 0.717) is 16.4 Å². The van der Waals surface area contributed by atoms with Gasteiger partial charge in [0.1, 0.15) is 0 Å². The molecule has 0 atom stereocenters. The Morgan fingerprint density at radius 3 is 2.46 bits per heavy atom. The molecule has 0 aliphatic rings. The van der Waals surface area contributed by atoms with Crippen LogP contribution in [0.4, 0.5) is 0 Å². The van der Waals surface area contributed by atoms with Crippen LogP contribution in [0.2, 0.25) is 5.02 Å². The summed E-state index contributed by atoms with van der Waals surface area (Å²) in [7, 11) is 0. The van der Waals surface area contributed by atoms with E-state index in [1.807, 2.05) is 6.07 Å². The minimum Gasteiger partial charge on any atom is -0.456 e. The quantitative estimate of drug-likeness (QED) is 0.460. The van der Waals surface area contributed by atoms with Gasteiger partial charge in [0, 0.05) is 22.6 Å². The average Bonchev–Trinajstić information content (AvgIpc) is 3.14. The lowest BCUT2D eigenvalue weighted by Crippen LogP contribution is -2.08. The summed E-state index contributed by atoms with van der Waals surface area (Å²) >= 11 is 5.83. The van der Waals surface area contributed by atoms with Crippen LogP contribution < -0.4 is 0 Å². The Balaban J connectivity index is 1.47. The highest BCUT2D eigenvalue weighted by Crippen LogP contribution is 2.19. The summed E-state index contributed by atoms with van der Waals surface area (Å²) in [6.45, 7) is -0.140. The summed E-state index contributed by atoms with van der Waals surface area (Å²) in [4.78, 5) is 27.9. The van der Waals surface area contributed by atoms with Gasteiger partial charge in [-0.25, -0.2) is 0 Å². The van der Waals surface area contributed by atoms with Crippen molar-refractivity contribution in [2.75, 3.05) is 0 Å². The third-order valence-electron chi connectivity index (χ3n) is 3.58. The van der Waals surface area contributed by atoms with E-state index in [-0.39, 0.29) is 31.1 Å². The number of rotatable bonds is 7. The van der Waals surface area contributed by atoms with Crippen molar-refractivity contribution in [1.82, 2.24) is 10.1 Å². The molecule has 1 aromatic heterocycles. The van der Waals surface area contributed by atoms with Crippen LogP contribution in [0.5, 0.6) is 0 Å². The first-order valence-corrected chi connectivity index (χ1v) is 8.32. The highest BCUT2D eigenvalue weighted by atomic mass is 35.5. The highest BCUT2D eigenvalue weighted by Gasteiger charge is 2.13. The molecule has 0 radical (unpaired) electrons. The summed E-state index contributed by atoms with van der Waals surface area (Å²) in [5.74, 6) is -0.0458. The lowest BCUT2D eigenvalue weighted by atomic mass is 10.1. The van der Waals surface area contributed by atoms with Crippen molar-refractivity contribution in [2.45, 2.75) is 19.4 Å². The lowest BCUT2D eigenvalue weighted by Gasteiger charge is -2.02. The van der Waals surface area contributed by atoms with Crippen LogP contribution >= 0.6 is 11.6 Å². The monoisotopic (exact) mass is 370 g/mol. The predicted octanol–water partition coefficient (Wildman–Crippen LogP) is 4.10. The molecule has 2 aromatic carbocycles. The molecule has 6 nitrogen and oxygen atoms in total. The third-order valence-corrected chi connectivity index (χ3v) is 3.83. The molecule has 0 unspecified atom stereocenters. The Hall–Kier alpha value is -2.99. The SMILES string of the molecule is O=C(CCC(=O)c1ccccc1)OCc1nc(-c2ccc(Cl)cc2)no1. The van der Waals surface area contributed by atoms with Crippen LogP contribution in [-0.4, -0.2) is 21.9 Å². The molecule has 0 amide bonds. The van der Waals surface area contributed by atoms with Crippen LogP contribution in [0, 0.1) is 0 Å². The van der Waals surface area contributed by atoms with Crippen LogP contribution in [-0.2, 0) is 16.1 Å². The van der Waals surface area contributed by atoms with Crippen LogP contribution in [0.25, 0.3) is 11.4 Å². The molecule has 26 heavy (non-hydrogen) atoms. The first-order chi connectivity index (χ1) is 12.6. The van der Waals surface area contributed by atoms with Crippen molar-refractivity contribution in [3.8, 4) is 11.4 Å². The Bertz CT molecular complexity index is 891. The van der Waals surface area contributed by atoms with Crippen molar-refractivity contribution >= 4 is 23.4 Å². The smallest absolute Gasteiger partial charge is 0.306 e. The molecular formula is C19H15ClN2O4. The first-order valence-electron chi connectivity index (χ1n) is 7.94. The maximum atomic E-state index is 11.9.